The predicted octanol–water partition coefficient (Wildman–Crippen LogP) is 0.102. The van der Waals surface area contributed by atoms with Crippen molar-refractivity contribution in [2.24, 2.45) is 5.73 Å². The lowest BCUT2D eigenvalue weighted by molar-refractivity contribution is 0.217. The highest BCUT2D eigenvalue weighted by molar-refractivity contribution is 7.90. The molecule has 0 aliphatic heterocycles. The van der Waals surface area contributed by atoms with E-state index < -0.39 is 9.84 Å². The fourth-order valence-corrected chi connectivity index (χ4v) is 2.61. The summed E-state index contributed by atoms with van der Waals surface area (Å²) in [6.07, 6.45) is 1.60. The van der Waals surface area contributed by atoms with Crippen molar-refractivity contribution in [1.29, 1.82) is 0 Å². The first-order chi connectivity index (χ1) is 7.59. The van der Waals surface area contributed by atoms with Gasteiger partial charge in [0.05, 0.1) is 23.8 Å². The highest BCUT2D eigenvalue weighted by atomic mass is 32.2. The summed E-state index contributed by atoms with van der Waals surface area (Å²) in [6.45, 7) is 0.455. The molecule has 0 bridgehead atoms. The van der Waals surface area contributed by atoms with Gasteiger partial charge in [-0.3, -0.25) is 4.98 Å². The first-order valence-electron chi connectivity index (χ1n) is 4.91. The zero-order chi connectivity index (χ0) is 12.0. The van der Waals surface area contributed by atoms with Gasteiger partial charge in [0, 0.05) is 19.9 Å². The number of aromatic nitrogens is 1. The van der Waals surface area contributed by atoms with Crippen LogP contribution >= 0.6 is 0 Å². The monoisotopic (exact) mass is 244 g/mol. The fraction of sp³-hybridized carbons (Fsp3) is 0.500. The van der Waals surface area contributed by atoms with Crippen molar-refractivity contribution in [1.82, 2.24) is 4.98 Å². The molecule has 0 aliphatic rings. The maximum Gasteiger partial charge on any atom is 0.156 e. The molecule has 2 N–H and O–H groups in total. The smallest absolute Gasteiger partial charge is 0.156 e. The van der Waals surface area contributed by atoms with E-state index in [1.165, 1.54) is 7.11 Å². The van der Waals surface area contributed by atoms with Crippen LogP contribution in [0.2, 0.25) is 0 Å². The number of hydrogen-bond acceptors (Lipinski definition) is 5. The van der Waals surface area contributed by atoms with E-state index in [1.807, 2.05) is 0 Å². The summed E-state index contributed by atoms with van der Waals surface area (Å²) in [5.41, 5.74) is 6.78. The lowest BCUT2D eigenvalue weighted by Gasteiger charge is -2.07. The zero-order valence-corrected chi connectivity index (χ0v) is 10.0. The molecule has 1 aromatic rings. The summed E-state index contributed by atoms with van der Waals surface area (Å²) in [7, 11) is -1.67. The van der Waals surface area contributed by atoms with Gasteiger partial charge < -0.3 is 10.5 Å². The third-order valence-corrected chi connectivity index (χ3v) is 3.69. The fourth-order valence-electron chi connectivity index (χ4n) is 1.31. The third kappa shape index (κ3) is 3.88. The van der Waals surface area contributed by atoms with Gasteiger partial charge >= 0.3 is 0 Å². The Kier molecular flexibility index (Phi) is 4.85. The van der Waals surface area contributed by atoms with Crippen LogP contribution in [0.4, 0.5) is 0 Å². The molecular formula is C10H16N2O3S. The highest BCUT2D eigenvalue weighted by Crippen LogP contribution is 2.10. The lowest BCUT2D eigenvalue weighted by Crippen LogP contribution is -2.15. The maximum atomic E-state index is 11.7. The maximum absolute atomic E-state index is 11.7. The van der Waals surface area contributed by atoms with Gasteiger partial charge in [0.15, 0.2) is 9.84 Å². The van der Waals surface area contributed by atoms with Crippen molar-refractivity contribution in [3.05, 3.63) is 29.6 Å². The molecule has 5 nitrogen and oxygen atoms in total. The lowest BCUT2D eigenvalue weighted by atomic mass is 10.2. The Labute approximate surface area is 95.6 Å². The Hall–Kier alpha value is -0.980. The first-order valence-corrected chi connectivity index (χ1v) is 6.73. The molecule has 0 amide bonds. The van der Waals surface area contributed by atoms with E-state index in [-0.39, 0.29) is 24.7 Å². The van der Waals surface area contributed by atoms with Gasteiger partial charge in [-0.1, -0.05) is 6.07 Å². The van der Waals surface area contributed by atoms with Crippen LogP contribution in [0.5, 0.6) is 0 Å². The van der Waals surface area contributed by atoms with E-state index in [1.54, 1.807) is 18.3 Å². The van der Waals surface area contributed by atoms with Gasteiger partial charge in [-0.05, 0) is 11.6 Å². The predicted molar refractivity (Wildman–Crippen MR) is 61.5 cm³/mol. The summed E-state index contributed by atoms with van der Waals surface area (Å²) in [4.78, 5) is 4.04. The van der Waals surface area contributed by atoms with Crippen molar-refractivity contribution < 1.29 is 13.2 Å². The van der Waals surface area contributed by atoms with Crippen molar-refractivity contribution >= 4 is 9.84 Å². The van der Waals surface area contributed by atoms with Crippen LogP contribution in [0.1, 0.15) is 11.3 Å². The Morgan fingerprint density at radius 3 is 2.88 bits per heavy atom. The van der Waals surface area contributed by atoms with Gasteiger partial charge in [0.1, 0.15) is 0 Å². The van der Waals surface area contributed by atoms with Crippen molar-refractivity contribution in [3.63, 3.8) is 0 Å². The first kappa shape index (κ1) is 13.1. The number of ether oxygens (including phenoxy) is 1. The standard InChI is InChI=1S/C10H16N2O3S/c1-15-5-6-16(13,14)8-9-3-2-4-12-10(9)7-11/h2-4H,5-8,11H2,1H3. The number of methoxy groups -OCH3 is 1. The largest absolute Gasteiger partial charge is 0.384 e. The second-order valence-corrected chi connectivity index (χ2v) is 5.58. The molecule has 0 aromatic carbocycles. The van der Waals surface area contributed by atoms with Crippen LogP contribution in [-0.4, -0.2) is 32.9 Å². The molecule has 90 valence electrons. The number of nitrogens with zero attached hydrogens (tertiary/aromatic N) is 1. The van der Waals surface area contributed by atoms with Crippen LogP contribution in [0, 0.1) is 0 Å². The Balaban J connectivity index is 2.79. The second kappa shape index (κ2) is 5.93. The number of rotatable bonds is 6. The molecule has 6 heteroatoms. The zero-order valence-electron chi connectivity index (χ0n) is 9.22. The molecule has 1 heterocycles. The quantitative estimate of drug-likeness (QED) is 0.767. The van der Waals surface area contributed by atoms with Gasteiger partial charge in [-0.15, -0.1) is 0 Å². The Morgan fingerprint density at radius 2 is 2.25 bits per heavy atom. The van der Waals surface area contributed by atoms with Crippen molar-refractivity contribution in [2.45, 2.75) is 12.3 Å². The minimum Gasteiger partial charge on any atom is -0.384 e. The average Bonchev–Trinajstić information content (AvgIpc) is 2.27. The van der Waals surface area contributed by atoms with E-state index in [0.717, 1.165) is 0 Å². The van der Waals surface area contributed by atoms with Gasteiger partial charge in [-0.2, -0.15) is 0 Å². The molecule has 0 saturated heterocycles. The van der Waals surface area contributed by atoms with Crippen LogP contribution in [0.3, 0.4) is 0 Å². The van der Waals surface area contributed by atoms with Crippen molar-refractivity contribution in [3.8, 4) is 0 Å². The van der Waals surface area contributed by atoms with Crippen molar-refractivity contribution in [2.75, 3.05) is 19.5 Å². The van der Waals surface area contributed by atoms with Gasteiger partial charge in [0.2, 0.25) is 0 Å². The highest BCUT2D eigenvalue weighted by Gasteiger charge is 2.14. The van der Waals surface area contributed by atoms with E-state index in [2.05, 4.69) is 4.98 Å². The average molecular weight is 244 g/mol. The molecule has 16 heavy (non-hydrogen) atoms. The van der Waals surface area contributed by atoms with Gasteiger partial charge in [-0.25, -0.2) is 8.42 Å². The minimum absolute atomic E-state index is 0.0163. The SMILES string of the molecule is COCCS(=O)(=O)Cc1cccnc1CN. The topological polar surface area (TPSA) is 82.3 Å². The third-order valence-electron chi connectivity index (χ3n) is 2.15. The number of pyridine rings is 1. The number of nitrogens with two attached hydrogens (primary N) is 1. The van der Waals surface area contributed by atoms with E-state index in [0.29, 0.717) is 11.3 Å². The Bertz CT molecular complexity index is 431. The summed E-state index contributed by atoms with van der Waals surface area (Å²) in [5.74, 6) is -0.0147. The van der Waals surface area contributed by atoms with Crippen LogP contribution in [0.15, 0.2) is 18.3 Å². The molecule has 0 spiro atoms. The summed E-state index contributed by atoms with van der Waals surface area (Å²) >= 11 is 0. The molecule has 0 saturated carbocycles. The minimum atomic E-state index is -3.15. The van der Waals surface area contributed by atoms with Crippen LogP contribution < -0.4 is 5.73 Å². The number of sulfone groups is 1. The molecule has 1 rings (SSSR count). The molecule has 0 radical (unpaired) electrons. The molecule has 0 unspecified atom stereocenters. The molecule has 0 atom stereocenters. The molecule has 0 fully saturated rings. The Morgan fingerprint density at radius 1 is 1.50 bits per heavy atom. The summed E-state index contributed by atoms with van der Waals surface area (Å²) in [6, 6.07) is 3.44. The van der Waals surface area contributed by atoms with E-state index in [9.17, 15) is 8.42 Å². The number of hydrogen-bond donors (Lipinski definition) is 1. The van der Waals surface area contributed by atoms with E-state index >= 15 is 0 Å². The van der Waals surface area contributed by atoms with E-state index in [4.69, 9.17) is 10.5 Å². The molecule has 1 aromatic heterocycles. The summed E-state index contributed by atoms with van der Waals surface area (Å²) < 4.78 is 28.1. The second-order valence-electron chi connectivity index (χ2n) is 3.40. The van der Waals surface area contributed by atoms with Crippen LogP contribution in [0.25, 0.3) is 0 Å². The molecule has 0 aliphatic carbocycles. The van der Waals surface area contributed by atoms with Crippen LogP contribution in [-0.2, 0) is 26.9 Å². The summed E-state index contributed by atoms with van der Waals surface area (Å²) in [5, 5.41) is 0. The van der Waals surface area contributed by atoms with Gasteiger partial charge in [0.25, 0.3) is 0 Å². The normalized spacial score (nSPS) is 11.6. The molecular weight excluding hydrogens is 228 g/mol.